The maximum atomic E-state index is 12.0. The Morgan fingerprint density at radius 1 is 1.29 bits per heavy atom. The Bertz CT molecular complexity index is 509. The van der Waals surface area contributed by atoms with Gasteiger partial charge >= 0.3 is 0 Å². The number of likely N-dealkylation sites (tertiary alicyclic amines) is 1. The average Bonchev–Trinajstić information content (AvgIpc) is 2.91. The van der Waals surface area contributed by atoms with Crippen LogP contribution < -0.4 is 5.32 Å². The third-order valence-corrected chi connectivity index (χ3v) is 5.62. The van der Waals surface area contributed by atoms with Crippen LogP contribution in [-0.2, 0) is 4.79 Å². The molecule has 0 radical (unpaired) electrons. The summed E-state index contributed by atoms with van der Waals surface area (Å²) in [7, 11) is 0. The molecule has 3 nitrogen and oxygen atoms in total. The number of piperidine rings is 1. The Balaban J connectivity index is 1.54. The van der Waals surface area contributed by atoms with Crippen molar-refractivity contribution in [2.75, 3.05) is 18.8 Å². The standard InChI is InChI=1S/C17H24N2OS/c1-12(2)17(20)19-9-7-13(8-10-19)18-15-11-21-16-6-4-3-5-14(15)16/h3-6,12-13,15,18H,7-11H2,1-2H3. The van der Waals surface area contributed by atoms with Crippen molar-refractivity contribution in [3.63, 3.8) is 0 Å². The minimum absolute atomic E-state index is 0.118. The van der Waals surface area contributed by atoms with E-state index in [9.17, 15) is 4.79 Å². The molecule has 0 bridgehead atoms. The Kier molecular flexibility index (Phi) is 4.55. The smallest absolute Gasteiger partial charge is 0.225 e. The van der Waals surface area contributed by atoms with Crippen LogP contribution in [0.4, 0.5) is 0 Å². The summed E-state index contributed by atoms with van der Waals surface area (Å²) in [6.07, 6.45) is 2.14. The van der Waals surface area contributed by atoms with Crippen LogP contribution in [0.15, 0.2) is 29.2 Å². The molecule has 1 unspecified atom stereocenters. The third kappa shape index (κ3) is 3.27. The number of amides is 1. The minimum Gasteiger partial charge on any atom is -0.342 e. The van der Waals surface area contributed by atoms with E-state index in [1.165, 1.54) is 10.5 Å². The van der Waals surface area contributed by atoms with Gasteiger partial charge in [0, 0.05) is 41.7 Å². The molecule has 0 spiro atoms. The van der Waals surface area contributed by atoms with Crippen molar-refractivity contribution >= 4 is 17.7 Å². The molecular formula is C17H24N2OS. The molecule has 2 aliphatic rings. The van der Waals surface area contributed by atoms with Crippen LogP contribution in [0.1, 0.15) is 38.3 Å². The molecule has 114 valence electrons. The maximum absolute atomic E-state index is 12.0. The molecule has 1 amide bonds. The minimum atomic E-state index is 0.118. The molecule has 3 rings (SSSR count). The highest BCUT2D eigenvalue weighted by atomic mass is 32.2. The molecule has 1 saturated heterocycles. The molecule has 0 aromatic heterocycles. The number of hydrogen-bond donors (Lipinski definition) is 1. The topological polar surface area (TPSA) is 32.3 Å². The fourth-order valence-corrected chi connectivity index (χ4v) is 4.39. The number of carbonyl (C=O) groups is 1. The van der Waals surface area contributed by atoms with Gasteiger partial charge in [0.15, 0.2) is 0 Å². The monoisotopic (exact) mass is 304 g/mol. The lowest BCUT2D eigenvalue weighted by molar-refractivity contribution is -0.135. The van der Waals surface area contributed by atoms with Gasteiger partial charge in [-0.1, -0.05) is 32.0 Å². The number of nitrogens with one attached hydrogen (secondary N) is 1. The molecule has 0 aliphatic carbocycles. The molecule has 0 saturated carbocycles. The van der Waals surface area contributed by atoms with Crippen molar-refractivity contribution in [3.05, 3.63) is 29.8 Å². The van der Waals surface area contributed by atoms with Crippen LogP contribution in [0, 0.1) is 5.92 Å². The molecule has 1 fully saturated rings. The fourth-order valence-electron chi connectivity index (χ4n) is 3.22. The first-order chi connectivity index (χ1) is 10.1. The third-order valence-electron chi connectivity index (χ3n) is 4.44. The summed E-state index contributed by atoms with van der Waals surface area (Å²) in [6, 6.07) is 9.71. The van der Waals surface area contributed by atoms with Crippen molar-refractivity contribution in [2.45, 2.75) is 43.7 Å². The largest absolute Gasteiger partial charge is 0.342 e. The van der Waals surface area contributed by atoms with Gasteiger partial charge in [0.25, 0.3) is 0 Å². The van der Waals surface area contributed by atoms with Gasteiger partial charge in [-0.2, -0.15) is 0 Å². The first-order valence-corrected chi connectivity index (χ1v) is 8.90. The number of hydrogen-bond acceptors (Lipinski definition) is 3. The second-order valence-corrected chi connectivity index (χ2v) is 7.38. The summed E-state index contributed by atoms with van der Waals surface area (Å²) in [5, 5.41) is 3.80. The van der Waals surface area contributed by atoms with Crippen molar-refractivity contribution < 1.29 is 4.79 Å². The molecule has 1 atom stereocenters. The van der Waals surface area contributed by atoms with Crippen LogP contribution in [0.2, 0.25) is 0 Å². The normalized spacial score (nSPS) is 22.6. The zero-order chi connectivity index (χ0) is 14.8. The van der Waals surface area contributed by atoms with Crippen molar-refractivity contribution in [2.24, 2.45) is 5.92 Å². The van der Waals surface area contributed by atoms with E-state index in [1.807, 2.05) is 30.5 Å². The number of thioether (sulfide) groups is 1. The van der Waals surface area contributed by atoms with Gasteiger partial charge in [-0.05, 0) is 24.5 Å². The number of nitrogens with zero attached hydrogens (tertiary/aromatic N) is 1. The van der Waals surface area contributed by atoms with E-state index in [1.54, 1.807) is 0 Å². The van der Waals surface area contributed by atoms with E-state index in [-0.39, 0.29) is 5.92 Å². The van der Waals surface area contributed by atoms with Gasteiger partial charge in [0.05, 0.1) is 0 Å². The molecule has 1 aromatic rings. The van der Waals surface area contributed by atoms with Gasteiger partial charge in [0.2, 0.25) is 5.91 Å². The van der Waals surface area contributed by atoms with E-state index in [4.69, 9.17) is 0 Å². The summed E-state index contributed by atoms with van der Waals surface area (Å²) in [5.74, 6) is 1.55. The average molecular weight is 304 g/mol. The van der Waals surface area contributed by atoms with Crippen molar-refractivity contribution in [3.8, 4) is 0 Å². The van der Waals surface area contributed by atoms with E-state index in [0.717, 1.165) is 31.7 Å². The predicted octanol–water partition coefficient (Wildman–Crippen LogP) is 3.07. The summed E-state index contributed by atoms with van der Waals surface area (Å²) in [6.45, 7) is 5.77. The predicted molar refractivity (Wildman–Crippen MR) is 87.5 cm³/mol. The second kappa shape index (κ2) is 6.41. The van der Waals surface area contributed by atoms with Crippen LogP contribution in [0.25, 0.3) is 0 Å². The molecule has 1 aromatic carbocycles. The quantitative estimate of drug-likeness (QED) is 0.931. The van der Waals surface area contributed by atoms with Crippen molar-refractivity contribution in [1.29, 1.82) is 0 Å². The van der Waals surface area contributed by atoms with Crippen LogP contribution in [-0.4, -0.2) is 35.7 Å². The Hall–Kier alpha value is -1.00. The summed E-state index contributed by atoms with van der Waals surface area (Å²) in [4.78, 5) is 15.5. The fraction of sp³-hybridized carbons (Fsp3) is 0.588. The van der Waals surface area contributed by atoms with Gasteiger partial charge in [0.1, 0.15) is 0 Å². The second-order valence-electron chi connectivity index (χ2n) is 6.32. The lowest BCUT2D eigenvalue weighted by Crippen LogP contribution is -2.46. The molecule has 1 N–H and O–H groups in total. The Morgan fingerprint density at radius 3 is 2.71 bits per heavy atom. The SMILES string of the molecule is CC(C)C(=O)N1CCC(NC2CSc3ccccc32)CC1. The van der Waals surface area contributed by atoms with E-state index in [0.29, 0.717) is 18.0 Å². The highest BCUT2D eigenvalue weighted by Crippen LogP contribution is 2.38. The van der Waals surface area contributed by atoms with E-state index < -0.39 is 0 Å². The molecular weight excluding hydrogens is 280 g/mol. The molecule has 2 heterocycles. The van der Waals surface area contributed by atoms with Gasteiger partial charge in [-0.15, -0.1) is 11.8 Å². The molecule has 21 heavy (non-hydrogen) atoms. The maximum Gasteiger partial charge on any atom is 0.225 e. The lowest BCUT2D eigenvalue weighted by Gasteiger charge is -2.34. The Labute approximate surface area is 131 Å². The number of fused-ring (bicyclic) bond motifs is 1. The Morgan fingerprint density at radius 2 is 2.00 bits per heavy atom. The van der Waals surface area contributed by atoms with Gasteiger partial charge in [-0.3, -0.25) is 4.79 Å². The highest BCUT2D eigenvalue weighted by Gasteiger charge is 2.28. The van der Waals surface area contributed by atoms with E-state index >= 15 is 0 Å². The van der Waals surface area contributed by atoms with Gasteiger partial charge in [-0.25, -0.2) is 0 Å². The zero-order valence-corrected chi connectivity index (χ0v) is 13.7. The first-order valence-electron chi connectivity index (χ1n) is 7.91. The van der Waals surface area contributed by atoms with Crippen molar-refractivity contribution in [1.82, 2.24) is 10.2 Å². The first kappa shape index (κ1) is 14.9. The number of benzene rings is 1. The summed E-state index contributed by atoms with van der Waals surface area (Å²) < 4.78 is 0. The van der Waals surface area contributed by atoms with Gasteiger partial charge < -0.3 is 10.2 Å². The zero-order valence-electron chi connectivity index (χ0n) is 12.8. The number of rotatable bonds is 3. The van der Waals surface area contributed by atoms with Crippen LogP contribution >= 0.6 is 11.8 Å². The summed E-state index contributed by atoms with van der Waals surface area (Å²) >= 11 is 1.95. The number of carbonyl (C=O) groups excluding carboxylic acids is 1. The van der Waals surface area contributed by atoms with E-state index in [2.05, 4.69) is 29.6 Å². The highest BCUT2D eigenvalue weighted by molar-refractivity contribution is 7.99. The molecule has 4 heteroatoms. The summed E-state index contributed by atoms with van der Waals surface area (Å²) in [5.41, 5.74) is 1.45. The van der Waals surface area contributed by atoms with Crippen LogP contribution in [0.3, 0.4) is 0 Å². The lowest BCUT2D eigenvalue weighted by atomic mass is 10.0. The molecule has 2 aliphatic heterocycles. The van der Waals surface area contributed by atoms with Crippen LogP contribution in [0.5, 0.6) is 0 Å².